The van der Waals surface area contributed by atoms with E-state index < -0.39 is 0 Å². The van der Waals surface area contributed by atoms with E-state index in [-0.39, 0.29) is 0 Å². The third-order valence-electron chi connectivity index (χ3n) is 5.02. The molecule has 0 aliphatic rings. The molecule has 2 aromatic heterocycles. The first-order valence-corrected chi connectivity index (χ1v) is 8.83. The number of aromatic nitrogens is 1. The minimum atomic E-state index is 0.385. The zero-order valence-electron chi connectivity index (χ0n) is 15.5. The lowest BCUT2D eigenvalue weighted by molar-refractivity contribution is -0.660. The second-order valence-corrected chi connectivity index (χ2v) is 7.11. The van der Waals surface area contributed by atoms with Crippen molar-refractivity contribution in [3.05, 3.63) is 71.2 Å². The Hall–Kier alpha value is -3.12. The SMILES string of the molecule is [C-]#[N+]c1ccc2c(c1)oc1c(-c3cccc[n+]3C)c(C)cc(C(C)C)c12. The van der Waals surface area contributed by atoms with Crippen LogP contribution in [0.25, 0.3) is 38.0 Å². The highest BCUT2D eigenvalue weighted by Crippen LogP contribution is 2.42. The zero-order chi connectivity index (χ0) is 18.4. The van der Waals surface area contributed by atoms with Crippen LogP contribution >= 0.6 is 0 Å². The second-order valence-electron chi connectivity index (χ2n) is 7.11. The van der Waals surface area contributed by atoms with Crippen LogP contribution in [-0.2, 0) is 7.05 Å². The van der Waals surface area contributed by atoms with Gasteiger partial charge in [-0.3, -0.25) is 0 Å². The zero-order valence-corrected chi connectivity index (χ0v) is 15.5. The van der Waals surface area contributed by atoms with Crippen LogP contribution in [0, 0.1) is 13.5 Å². The Labute approximate surface area is 153 Å². The fourth-order valence-electron chi connectivity index (χ4n) is 3.73. The van der Waals surface area contributed by atoms with E-state index in [1.165, 1.54) is 11.1 Å². The molecule has 3 heteroatoms. The highest BCUT2D eigenvalue weighted by Gasteiger charge is 2.23. The molecule has 4 rings (SSSR count). The Morgan fingerprint density at radius 1 is 1.12 bits per heavy atom. The topological polar surface area (TPSA) is 21.4 Å². The number of rotatable bonds is 2. The van der Waals surface area contributed by atoms with E-state index in [1.807, 2.05) is 24.3 Å². The Morgan fingerprint density at radius 3 is 2.62 bits per heavy atom. The van der Waals surface area contributed by atoms with Crippen molar-refractivity contribution in [2.24, 2.45) is 7.05 Å². The van der Waals surface area contributed by atoms with Crippen LogP contribution in [0.4, 0.5) is 5.69 Å². The van der Waals surface area contributed by atoms with E-state index >= 15 is 0 Å². The molecule has 0 bridgehead atoms. The van der Waals surface area contributed by atoms with Crippen molar-refractivity contribution in [2.75, 3.05) is 0 Å². The second kappa shape index (κ2) is 6.00. The van der Waals surface area contributed by atoms with Crippen molar-refractivity contribution in [3.8, 4) is 11.3 Å². The van der Waals surface area contributed by atoms with Gasteiger partial charge in [-0.05, 0) is 36.1 Å². The molecular weight excluding hydrogens is 320 g/mol. The molecule has 3 nitrogen and oxygen atoms in total. The van der Waals surface area contributed by atoms with E-state index in [2.05, 4.69) is 61.6 Å². The number of pyridine rings is 1. The van der Waals surface area contributed by atoms with E-state index in [0.717, 1.165) is 33.2 Å². The first-order valence-electron chi connectivity index (χ1n) is 8.83. The number of aryl methyl sites for hydroxylation is 2. The van der Waals surface area contributed by atoms with Gasteiger partial charge in [0.05, 0.1) is 12.1 Å². The molecule has 0 N–H and O–H groups in total. The van der Waals surface area contributed by atoms with E-state index in [9.17, 15) is 0 Å². The summed E-state index contributed by atoms with van der Waals surface area (Å²) in [6, 6.07) is 14.2. The molecule has 0 amide bonds. The minimum absolute atomic E-state index is 0.385. The van der Waals surface area contributed by atoms with Gasteiger partial charge in [-0.1, -0.05) is 32.0 Å². The summed E-state index contributed by atoms with van der Waals surface area (Å²) in [5.74, 6) is 0.385. The standard InChI is InChI=1S/C23H21N2O/c1-14(2)18-12-15(3)21(19-8-6-7-11-25(19)5)23-22(18)17-10-9-16(24-4)13-20(17)26-23/h6-14H,1-3,5H3/q+1. The predicted octanol–water partition coefficient (Wildman–Crippen LogP) is 6.06. The van der Waals surface area contributed by atoms with Gasteiger partial charge in [0.2, 0.25) is 5.69 Å². The third kappa shape index (κ3) is 2.38. The highest BCUT2D eigenvalue weighted by molar-refractivity contribution is 6.12. The van der Waals surface area contributed by atoms with Crippen LogP contribution in [0.15, 0.2) is 53.1 Å². The fraction of sp³-hybridized carbons (Fsp3) is 0.217. The maximum Gasteiger partial charge on any atom is 0.216 e. The molecule has 2 aromatic carbocycles. The van der Waals surface area contributed by atoms with Gasteiger partial charge in [0.15, 0.2) is 11.9 Å². The predicted molar refractivity (Wildman–Crippen MR) is 105 cm³/mol. The fourth-order valence-corrected chi connectivity index (χ4v) is 3.73. The lowest BCUT2D eigenvalue weighted by Crippen LogP contribution is -2.30. The van der Waals surface area contributed by atoms with Crippen molar-refractivity contribution in [2.45, 2.75) is 26.7 Å². The van der Waals surface area contributed by atoms with E-state index in [0.29, 0.717) is 11.6 Å². The first-order chi connectivity index (χ1) is 12.5. The van der Waals surface area contributed by atoms with Gasteiger partial charge in [-0.25, -0.2) is 9.41 Å². The smallest absolute Gasteiger partial charge is 0.216 e. The van der Waals surface area contributed by atoms with E-state index in [1.54, 1.807) is 0 Å². The molecule has 4 aromatic rings. The monoisotopic (exact) mass is 341 g/mol. The van der Waals surface area contributed by atoms with Gasteiger partial charge in [0, 0.05) is 22.9 Å². The van der Waals surface area contributed by atoms with Crippen LogP contribution in [-0.4, -0.2) is 0 Å². The van der Waals surface area contributed by atoms with Gasteiger partial charge in [-0.15, -0.1) is 0 Å². The minimum Gasteiger partial charge on any atom is -0.456 e. The summed E-state index contributed by atoms with van der Waals surface area (Å²) < 4.78 is 8.47. The van der Waals surface area contributed by atoms with Gasteiger partial charge < -0.3 is 4.42 Å². The Kier molecular flexibility index (Phi) is 3.77. The molecule has 0 atom stereocenters. The number of hydrogen-bond donors (Lipinski definition) is 0. The normalized spacial score (nSPS) is 11.4. The number of fused-ring (bicyclic) bond motifs is 3. The van der Waals surface area contributed by atoms with Crippen LogP contribution in [0.1, 0.15) is 30.9 Å². The summed E-state index contributed by atoms with van der Waals surface area (Å²) in [5, 5.41) is 2.24. The van der Waals surface area contributed by atoms with Crippen molar-refractivity contribution in [1.29, 1.82) is 0 Å². The number of nitrogens with zero attached hydrogens (tertiary/aromatic N) is 2. The highest BCUT2D eigenvalue weighted by atomic mass is 16.3. The maximum atomic E-state index is 7.28. The maximum absolute atomic E-state index is 7.28. The molecule has 0 aliphatic heterocycles. The molecule has 0 fully saturated rings. The van der Waals surface area contributed by atoms with Gasteiger partial charge in [0.1, 0.15) is 18.2 Å². The van der Waals surface area contributed by atoms with E-state index in [4.69, 9.17) is 11.0 Å². The molecular formula is C23H21N2O+. The van der Waals surface area contributed by atoms with Crippen molar-refractivity contribution in [1.82, 2.24) is 0 Å². The summed E-state index contributed by atoms with van der Waals surface area (Å²) in [6.45, 7) is 13.8. The van der Waals surface area contributed by atoms with Crippen LogP contribution < -0.4 is 4.57 Å². The molecule has 2 heterocycles. The molecule has 0 spiro atoms. The quantitative estimate of drug-likeness (QED) is 0.321. The van der Waals surface area contributed by atoms with Crippen LogP contribution in [0.5, 0.6) is 0 Å². The van der Waals surface area contributed by atoms with Crippen molar-refractivity contribution < 1.29 is 8.98 Å². The van der Waals surface area contributed by atoms with Crippen molar-refractivity contribution >= 4 is 27.6 Å². The molecule has 0 saturated carbocycles. The summed E-state index contributed by atoms with van der Waals surface area (Å²) in [4.78, 5) is 3.55. The summed E-state index contributed by atoms with van der Waals surface area (Å²) in [7, 11) is 2.05. The average Bonchev–Trinajstić information content (AvgIpc) is 3.00. The first kappa shape index (κ1) is 16.4. The Balaban J connectivity index is 2.21. The molecule has 26 heavy (non-hydrogen) atoms. The number of benzene rings is 2. The van der Waals surface area contributed by atoms with Gasteiger partial charge in [-0.2, -0.15) is 0 Å². The lowest BCUT2D eigenvalue weighted by Gasteiger charge is -2.12. The number of furan rings is 1. The summed E-state index contributed by atoms with van der Waals surface area (Å²) in [6.07, 6.45) is 2.05. The molecule has 128 valence electrons. The molecule has 0 unspecified atom stereocenters. The van der Waals surface area contributed by atoms with Crippen LogP contribution in [0.2, 0.25) is 0 Å². The summed E-state index contributed by atoms with van der Waals surface area (Å²) >= 11 is 0. The molecule has 0 aliphatic carbocycles. The summed E-state index contributed by atoms with van der Waals surface area (Å²) in [5.41, 5.74) is 7.02. The lowest BCUT2D eigenvalue weighted by atomic mass is 9.91. The largest absolute Gasteiger partial charge is 0.456 e. The van der Waals surface area contributed by atoms with Gasteiger partial charge >= 0.3 is 0 Å². The molecule has 0 saturated heterocycles. The van der Waals surface area contributed by atoms with Gasteiger partial charge in [0.25, 0.3) is 0 Å². The van der Waals surface area contributed by atoms with Crippen molar-refractivity contribution in [3.63, 3.8) is 0 Å². The van der Waals surface area contributed by atoms with Crippen LogP contribution in [0.3, 0.4) is 0 Å². The molecule has 0 radical (unpaired) electrons. The third-order valence-corrected chi connectivity index (χ3v) is 5.02. The Bertz CT molecular complexity index is 1190. The number of hydrogen-bond acceptors (Lipinski definition) is 1. The Morgan fingerprint density at radius 2 is 1.92 bits per heavy atom. The average molecular weight is 341 g/mol.